The molecule has 2 aliphatic rings. The van der Waals surface area contributed by atoms with Gasteiger partial charge >= 0.3 is 0 Å². The van der Waals surface area contributed by atoms with E-state index in [1.54, 1.807) is 13.0 Å². The van der Waals surface area contributed by atoms with Crippen LogP contribution in [0.25, 0.3) is 0 Å². The molecule has 0 aromatic heterocycles. The van der Waals surface area contributed by atoms with Crippen molar-refractivity contribution in [3.8, 4) is 0 Å². The van der Waals surface area contributed by atoms with Gasteiger partial charge in [-0.2, -0.15) is 8.61 Å². The van der Waals surface area contributed by atoms with E-state index in [9.17, 15) is 21.2 Å². The van der Waals surface area contributed by atoms with Gasteiger partial charge < -0.3 is 4.74 Å². The van der Waals surface area contributed by atoms with Crippen LogP contribution in [0.15, 0.2) is 47.4 Å². The zero-order valence-corrected chi connectivity index (χ0v) is 19.1. The highest BCUT2D eigenvalue weighted by Gasteiger charge is 2.47. The zero-order chi connectivity index (χ0) is 22.4. The predicted molar refractivity (Wildman–Crippen MR) is 114 cm³/mol. The fourth-order valence-corrected chi connectivity index (χ4v) is 7.14. The first-order valence-corrected chi connectivity index (χ1v) is 13.1. The highest BCUT2D eigenvalue weighted by atomic mass is 35.5. The summed E-state index contributed by atoms with van der Waals surface area (Å²) >= 11 is 5.86. The van der Waals surface area contributed by atoms with Crippen molar-refractivity contribution in [2.24, 2.45) is 0 Å². The lowest BCUT2D eigenvalue weighted by Gasteiger charge is -2.28. The van der Waals surface area contributed by atoms with Crippen molar-refractivity contribution in [3.05, 3.63) is 64.4 Å². The average molecular weight is 489 g/mol. The quantitative estimate of drug-likeness (QED) is 0.659. The SMILES string of the molecule is Cc1cc(F)cc(CN2[C@@H]3CN(S(=O)(=O)c4ccc(Cl)cc4)C[C@@H]3OCCS2(=O)=O)c1. The Balaban J connectivity index is 1.65. The number of halogens is 2. The van der Waals surface area contributed by atoms with Gasteiger partial charge in [-0.1, -0.05) is 17.7 Å². The number of fused-ring (bicyclic) bond motifs is 1. The Morgan fingerprint density at radius 3 is 2.55 bits per heavy atom. The smallest absolute Gasteiger partial charge is 0.243 e. The molecule has 2 atom stereocenters. The van der Waals surface area contributed by atoms with Gasteiger partial charge in [0.15, 0.2) is 0 Å². The van der Waals surface area contributed by atoms with Crippen molar-refractivity contribution in [3.63, 3.8) is 0 Å². The lowest BCUT2D eigenvalue weighted by atomic mass is 10.1. The van der Waals surface area contributed by atoms with Crippen LogP contribution in [0.4, 0.5) is 4.39 Å². The maximum atomic E-state index is 13.9. The molecule has 2 aliphatic heterocycles. The summed E-state index contributed by atoms with van der Waals surface area (Å²) < 4.78 is 74.2. The van der Waals surface area contributed by atoms with Gasteiger partial charge in [0.05, 0.1) is 29.4 Å². The number of hydrogen-bond donors (Lipinski definition) is 0. The number of nitrogens with zero attached hydrogens (tertiary/aromatic N) is 2. The van der Waals surface area contributed by atoms with E-state index in [-0.39, 0.29) is 36.9 Å². The van der Waals surface area contributed by atoms with E-state index >= 15 is 0 Å². The van der Waals surface area contributed by atoms with E-state index in [2.05, 4.69) is 0 Å². The lowest BCUT2D eigenvalue weighted by Crippen LogP contribution is -2.45. The standard InChI is InChI=1S/C20H22ClFN2O5S2/c1-14-8-15(10-17(22)9-14)11-24-19-12-23(13-20(19)29-6-7-30(24,25)26)31(27,28)18-4-2-16(21)3-5-18/h2-5,8-10,19-20H,6-7,11-13H2,1H3/t19-,20+/m1/s1. The minimum absolute atomic E-state index is 0.0307. The summed E-state index contributed by atoms with van der Waals surface area (Å²) in [5, 5.41) is 0.413. The maximum absolute atomic E-state index is 13.9. The van der Waals surface area contributed by atoms with Crippen molar-refractivity contribution >= 4 is 31.6 Å². The van der Waals surface area contributed by atoms with Gasteiger partial charge in [-0.25, -0.2) is 21.2 Å². The molecule has 2 aromatic carbocycles. The molecule has 11 heteroatoms. The van der Waals surface area contributed by atoms with Crippen molar-refractivity contribution in [1.82, 2.24) is 8.61 Å². The van der Waals surface area contributed by atoms with Gasteiger partial charge in [0.2, 0.25) is 20.0 Å². The van der Waals surface area contributed by atoms with Gasteiger partial charge in [0.1, 0.15) is 5.82 Å². The van der Waals surface area contributed by atoms with Crippen LogP contribution in [-0.2, 0) is 31.3 Å². The molecule has 2 saturated heterocycles. The first kappa shape index (κ1) is 22.6. The number of aryl methyl sites for hydroxylation is 1. The zero-order valence-electron chi connectivity index (χ0n) is 16.7. The Kier molecular flexibility index (Phi) is 6.14. The van der Waals surface area contributed by atoms with Crippen LogP contribution in [0.5, 0.6) is 0 Å². The summed E-state index contributed by atoms with van der Waals surface area (Å²) in [6.45, 7) is 1.62. The first-order chi connectivity index (χ1) is 14.6. The molecule has 0 unspecified atom stereocenters. The second kappa shape index (κ2) is 8.42. The van der Waals surface area contributed by atoms with Crippen LogP contribution in [0, 0.1) is 12.7 Å². The Hall–Kier alpha value is -1.56. The van der Waals surface area contributed by atoms with Gasteiger partial charge in [-0.3, -0.25) is 0 Å². The van der Waals surface area contributed by atoms with Crippen molar-refractivity contribution in [2.75, 3.05) is 25.4 Å². The first-order valence-electron chi connectivity index (χ1n) is 9.69. The molecule has 0 radical (unpaired) electrons. The highest BCUT2D eigenvalue weighted by Crippen LogP contribution is 2.31. The van der Waals surface area contributed by atoms with Crippen LogP contribution in [0.3, 0.4) is 0 Å². The van der Waals surface area contributed by atoms with E-state index in [4.69, 9.17) is 16.3 Å². The fourth-order valence-electron chi connectivity index (χ4n) is 4.04. The Bertz CT molecular complexity index is 1170. The van der Waals surface area contributed by atoms with Crippen LogP contribution in [-0.4, -0.2) is 63.0 Å². The third-order valence-corrected chi connectivity index (χ3v) is 9.39. The molecule has 2 fully saturated rings. The summed E-state index contributed by atoms with van der Waals surface area (Å²) in [5.74, 6) is -0.661. The molecule has 168 valence electrons. The fraction of sp³-hybridized carbons (Fsp3) is 0.400. The highest BCUT2D eigenvalue weighted by molar-refractivity contribution is 7.89. The number of ether oxygens (including phenoxy) is 1. The van der Waals surface area contributed by atoms with E-state index in [1.165, 1.54) is 45.0 Å². The maximum Gasteiger partial charge on any atom is 0.243 e. The summed E-state index contributed by atoms with van der Waals surface area (Å²) in [7, 11) is -7.59. The van der Waals surface area contributed by atoms with Crippen molar-refractivity contribution in [2.45, 2.75) is 30.5 Å². The molecule has 2 aromatic rings. The molecule has 0 spiro atoms. The van der Waals surface area contributed by atoms with Crippen LogP contribution >= 0.6 is 11.6 Å². The van der Waals surface area contributed by atoms with E-state index < -0.39 is 38.0 Å². The van der Waals surface area contributed by atoms with Crippen LogP contribution in [0.2, 0.25) is 5.02 Å². The molecule has 31 heavy (non-hydrogen) atoms. The molecule has 7 nitrogen and oxygen atoms in total. The minimum atomic E-state index is -3.86. The number of hydrogen-bond acceptors (Lipinski definition) is 5. The normalized spacial score (nSPS) is 24.6. The van der Waals surface area contributed by atoms with E-state index in [0.717, 1.165) is 0 Å². The van der Waals surface area contributed by atoms with Crippen LogP contribution < -0.4 is 0 Å². The van der Waals surface area contributed by atoms with E-state index in [0.29, 0.717) is 16.1 Å². The number of sulfonamides is 2. The molecule has 2 heterocycles. The molecule has 0 N–H and O–H groups in total. The van der Waals surface area contributed by atoms with Crippen LogP contribution in [0.1, 0.15) is 11.1 Å². The number of rotatable bonds is 4. The second-order valence-corrected chi connectivity index (χ2v) is 12.2. The second-order valence-electron chi connectivity index (χ2n) is 7.75. The molecular formula is C20H22ClFN2O5S2. The summed E-state index contributed by atoms with van der Waals surface area (Å²) in [4.78, 5) is 0.0727. The lowest BCUT2D eigenvalue weighted by molar-refractivity contribution is 0.0480. The molecule has 0 amide bonds. The van der Waals surface area contributed by atoms with Gasteiger partial charge in [0, 0.05) is 24.7 Å². The monoisotopic (exact) mass is 488 g/mol. The molecule has 4 rings (SSSR count). The van der Waals surface area contributed by atoms with E-state index in [1.807, 2.05) is 0 Å². The minimum Gasteiger partial charge on any atom is -0.374 e. The van der Waals surface area contributed by atoms with Gasteiger partial charge in [-0.05, 0) is 54.4 Å². The Labute approximate surface area is 186 Å². The average Bonchev–Trinajstić information content (AvgIpc) is 3.05. The summed E-state index contributed by atoms with van der Waals surface area (Å²) in [6.07, 6.45) is -0.617. The van der Waals surface area contributed by atoms with Gasteiger partial charge in [0.25, 0.3) is 0 Å². The number of benzene rings is 2. The van der Waals surface area contributed by atoms with Crippen molar-refractivity contribution in [1.29, 1.82) is 0 Å². The topological polar surface area (TPSA) is 84.0 Å². The van der Waals surface area contributed by atoms with Gasteiger partial charge in [-0.15, -0.1) is 0 Å². The largest absolute Gasteiger partial charge is 0.374 e. The Morgan fingerprint density at radius 2 is 1.87 bits per heavy atom. The molecule has 0 saturated carbocycles. The third kappa shape index (κ3) is 4.64. The molecular weight excluding hydrogens is 467 g/mol. The molecule has 0 bridgehead atoms. The Morgan fingerprint density at radius 1 is 1.16 bits per heavy atom. The predicted octanol–water partition coefficient (Wildman–Crippen LogP) is 2.39. The summed E-state index contributed by atoms with van der Waals surface area (Å²) in [5.41, 5.74) is 1.18. The van der Waals surface area contributed by atoms with Crippen molar-refractivity contribution < 1.29 is 26.0 Å². The molecule has 0 aliphatic carbocycles. The summed E-state index contributed by atoms with van der Waals surface area (Å²) in [6, 6.07) is 9.47. The third-order valence-electron chi connectivity index (χ3n) is 5.50.